The molecule has 1 aliphatic rings. The van der Waals surface area contributed by atoms with Crippen LogP contribution in [0.4, 0.5) is 0 Å². The zero-order valence-electron chi connectivity index (χ0n) is 10.9. The first-order valence-electron chi connectivity index (χ1n) is 6.47. The lowest BCUT2D eigenvalue weighted by Crippen LogP contribution is -2.28. The molecule has 0 amide bonds. The summed E-state index contributed by atoms with van der Waals surface area (Å²) in [5, 5.41) is 0. The highest BCUT2D eigenvalue weighted by molar-refractivity contribution is 9.10. The van der Waals surface area contributed by atoms with Crippen molar-refractivity contribution < 1.29 is 4.74 Å². The van der Waals surface area contributed by atoms with Crippen LogP contribution in [0.5, 0.6) is 5.75 Å². The Morgan fingerprint density at radius 2 is 1.76 bits per heavy atom. The average Bonchev–Trinajstić information content (AvgIpc) is 2.22. The fourth-order valence-corrected chi connectivity index (χ4v) is 3.19. The second-order valence-electron chi connectivity index (χ2n) is 5.57. The van der Waals surface area contributed by atoms with Crippen LogP contribution in [-0.4, -0.2) is 6.10 Å². The van der Waals surface area contributed by atoms with Crippen LogP contribution in [0.2, 0.25) is 0 Å². The highest BCUT2D eigenvalue weighted by atomic mass is 79.9. The molecule has 1 aliphatic carbocycles. The van der Waals surface area contributed by atoms with E-state index in [9.17, 15) is 0 Å². The molecular formula is C15H21BrO. The lowest BCUT2D eigenvalue weighted by atomic mass is 9.82. The summed E-state index contributed by atoms with van der Waals surface area (Å²) in [6.07, 6.45) is 4.12. The number of halogens is 1. The van der Waals surface area contributed by atoms with Crippen LogP contribution >= 0.6 is 15.9 Å². The molecule has 0 aliphatic heterocycles. The first-order chi connectivity index (χ1) is 8.04. The Bertz CT molecular complexity index is 379. The fraction of sp³-hybridized carbons (Fsp3) is 0.600. The predicted octanol–water partition coefficient (Wildman–Crippen LogP) is 4.96. The second-order valence-corrected chi connectivity index (χ2v) is 6.48. The Morgan fingerprint density at radius 1 is 1.12 bits per heavy atom. The molecule has 1 fully saturated rings. The van der Waals surface area contributed by atoms with E-state index in [0.29, 0.717) is 6.10 Å². The van der Waals surface area contributed by atoms with Gasteiger partial charge in [0.2, 0.25) is 0 Å². The maximum absolute atomic E-state index is 6.18. The van der Waals surface area contributed by atoms with Gasteiger partial charge in [-0.15, -0.1) is 0 Å². The van der Waals surface area contributed by atoms with Crippen molar-refractivity contribution in [1.29, 1.82) is 0 Å². The summed E-state index contributed by atoms with van der Waals surface area (Å²) in [4.78, 5) is 0. The van der Waals surface area contributed by atoms with Gasteiger partial charge in [-0.2, -0.15) is 0 Å². The topological polar surface area (TPSA) is 9.23 Å². The van der Waals surface area contributed by atoms with E-state index in [2.05, 4.69) is 54.9 Å². The van der Waals surface area contributed by atoms with E-state index in [-0.39, 0.29) is 0 Å². The van der Waals surface area contributed by atoms with Crippen molar-refractivity contribution in [3.05, 3.63) is 28.2 Å². The molecule has 0 bridgehead atoms. The molecule has 0 aromatic heterocycles. The number of hydrogen-bond donors (Lipinski definition) is 0. The highest BCUT2D eigenvalue weighted by Gasteiger charge is 2.25. The lowest BCUT2D eigenvalue weighted by molar-refractivity contribution is 0.100. The monoisotopic (exact) mass is 296 g/mol. The van der Waals surface area contributed by atoms with Gasteiger partial charge in [-0.05, 0) is 55.7 Å². The third-order valence-electron chi connectivity index (χ3n) is 3.58. The van der Waals surface area contributed by atoms with E-state index < -0.39 is 0 Å². The predicted molar refractivity (Wildman–Crippen MR) is 75.5 cm³/mol. The van der Waals surface area contributed by atoms with E-state index in [0.717, 1.165) is 22.1 Å². The molecule has 0 radical (unpaired) electrons. The number of rotatable bonds is 2. The van der Waals surface area contributed by atoms with Gasteiger partial charge >= 0.3 is 0 Å². The minimum atomic E-state index is 0.391. The molecule has 0 saturated heterocycles. The van der Waals surface area contributed by atoms with Gasteiger partial charge < -0.3 is 4.74 Å². The summed E-state index contributed by atoms with van der Waals surface area (Å²) < 4.78 is 7.27. The summed E-state index contributed by atoms with van der Waals surface area (Å²) >= 11 is 3.50. The third kappa shape index (κ3) is 3.48. The van der Waals surface area contributed by atoms with Crippen LogP contribution in [0, 0.1) is 18.8 Å². The molecular weight excluding hydrogens is 276 g/mol. The molecule has 0 spiro atoms. The fourth-order valence-electron chi connectivity index (χ4n) is 2.85. The number of benzene rings is 1. The summed E-state index contributed by atoms with van der Waals surface area (Å²) in [6, 6.07) is 6.25. The standard InChI is InChI=1S/C15H21BrO/c1-10-6-11(2)8-14(7-10)17-15-9-13(16)5-4-12(15)3/h4-5,9-11,14H,6-8H2,1-3H3. The SMILES string of the molecule is Cc1ccc(Br)cc1OC1CC(C)CC(C)C1. The van der Waals surface area contributed by atoms with Crippen molar-refractivity contribution in [1.82, 2.24) is 0 Å². The van der Waals surface area contributed by atoms with Gasteiger partial charge in [-0.1, -0.05) is 35.8 Å². The first kappa shape index (κ1) is 12.9. The van der Waals surface area contributed by atoms with E-state index in [1.54, 1.807) is 0 Å². The van der Waals surface area contributed by atoms with Crippen LogP contribution in [0.1, 0.15) is 38.7 Å². The summed E-state index contributed by atoms with van der Waals surface area (Å²) in [5.41, 5.74) is 1.22. The molecule has 2 atom stereocenters. The number of ether oxygens (including phenoxy) is 1. The van der Waals surface area contributed by atoms with Crippen molar-refractivity contribution in [2.75, 3.05) is 0 Å². The van der Waals surface area contributed by atoms with Gasteiger partial charge in [0.1, 0.15) is 5.75 Å². The van der Waals surface area contributed by atoms with Crippen molar-refractivity contribution >= 4 is 15.9 Å². The molecule has 1 saturated carbocycles. The molecule has 94 valence electrons. The Labute approximate surface area is 113 Å². The molecule has 1 nitrogen and oxygen atoms in total. The number of hydrogen-bond acceptors (Lipinski definition) is 1. The van der Waals surface area contributed by atoms with E-state index >= 15 is 0 Å². The minimum Gasteiger partial charge on any atom is -0.490 e. The molecule has 0 heterocycles. The number of aryl methyl sites for hydroxylation is 1. The summed E-state index contributed by atoms with van der Waals surface area (Å²) in [5.74, 6) is 2.61. The highest BCUT2D eigenvalue weighted by Crippen LogP contribution is 2.33. The van der Waals surface area contributed by atoms with E-state index in [1.165, 1.54) is 24.8 Å². The third-order valence-corrected chi connectivity index (χ3v) is 4.07. The maximum Gasteiger partial charge on any atom is 0.123 e. The minimum absolute atomic E-state index is 0.391. The van der Waals surface area contributed by atoms with Crippen molar-refractivity contribution in [3.8, 4) is 5.75 Å². The molecule has 2 unspecified atom stereocenters. The Balaban J connectivity index is 2.07. The van der Waals surface area contributed by atoms with Gasteiger partial charge in [0.15, 0.2) is 0 Å². The van der Waals surface area contributed by atoms with Crippen molar-refractivity contribution in [2.45, 2.75) is 46.1 Å². The zero-order chi connectivity index (χ0) is 12.4. The van der Waals surface area contributed by atoms with Gasteiger partial charge in [-0.3, -0.25) is 0 Å². The summed E-state index contributed by atoms with van der Waals surface area (Å²) in [7, 11) is 0. The van der Waals surface area contributed by atoms with Gasteiger partial charge in [0.05, 0.1) is 6.10 Å². The Kier molecular flexibility index (Phi) is 4.13. The lowest BCUT2D eigenvalue weighted by Gasteiger charge is -2.32. The molecule has 1 aromatic rings. The quantitative estimate of drug-likeness (QED) is 0.749. The zero-order valence-corrected chi connectivity index (χ0v) is 12.5. The van der Waals surface area contributed by atoms with Gasteiger partial charge in [0.25, 0.3) is 0 Å². The van der Waals surface area contributed by atoms with E-state index in [4.69, 9.17) is 4.74 Å². The molecule has 0 N–H and O–H groups in total. The first-order valence-corrected chi connectivity index (χ1v) is 7.26. The smallest absolute Gasteiger partial charge is 0.123 e. The van der Waals surface area contributed by atoms with Crippen LogP contribution in [0.15, 0.2) is 22.7 Å². The maximum atomic E-state index is 6.18. The largest absolute Gasteiger partial charge is 0.490 e. The van der Waals surface area contributed by atoms with Crippen molar-refractivity contribution in [3.63, 3.8) is 0 Å². The molecule has 1 aromatic carbocycles. The van der Waals surface area contributed by atoms with E-state index in [1.807, 2.05) is 0 Å². The van der Waals surface area contributed by atoms with Crippen LogP contribution in [0.25, 0.3) is 0 Å². The van der Waals surface area contributed by atoms with Gasteiger partial charge in [0, 0.05) is 4.47 Å². The molecule has 2 rings (SSSR count). The second kappa shape index (κ2) is 5.43. The molecule has 2 heteroatoms. The molecule has 17 heavy (non-hydrogen) atoms. The Hall–Kier alpha value is -0.500. The normalized spacial score (nSPS) is 29.1. The van der Waals surface area contributed by atoms with Crippen LogP contribution < -0.4 is 4.74 Å². The van der Waals surface area contributed by atoms with Crippen molar-refractivity contribution in [2.24, 2.45) is 11.8 Å². The van der Waals surface area contributed by atoms with Gasteiger partial charge in [-0.25, -0.2) is 0 Å². The summed E-state index contributed by atoms with van der Waals surface area (Å²) in [6.45, 7) is 6.77. The average molecular weight is 297 g/mol. The van der Waals surface area contributed by atoms with Crippen LogP contribution in [-0.2, 0) is 0 Å². The van der Waals surface area contributed by atoms with Crippen LogP contribution in [0.3, 0.4) is 0 Å². The Morgan fingerprint density at radius 3 is 2.41 bits per heavy atom.